The van der Waals surface area contributed by atoms with Gasteiger partial charge in [-0.1, -0.05) is 38.2 Å². The molecule has 0 saturated heterocycles. The SMILES string of the molecule is CC(N)=NCCCC(O)CC(O)C/C=C/C(O)CC(O)CC(O)CC(O)C/C=C/C(O)CC(O)CC(O)CC(=O)C(C)C. The van der Waals surface area contributed by atoms with Gasteiger partial charge in [-0.15, -0.1) is 0 Å². The first-order valence-electron chi connectivity index (χ1n) is 15.3. The van der Waals surface area contributed by atoms with Crippen LogP contribution >= 0.6 is 0 Å². The zero-order valence-electron chi connectivity index (χ0n) is 26.0. The molecular weight excluding hydrogens is 560 g/mol. The van der Waals surface area contributed by atoms with E-state index in [2.05, 4.69) is 4.99 Å². The summed E-state index contributed by atoms with van der Waals surface area (Å²) in [7, 11) is 0. The Morgan fingerprint density at radius 1 is 0.651 bits per heavy atom. The van der Waals surface area contributed by atoms with Crippen molar-refractivity contribution in [3.8, 4) is 0 Å². The Hall–Kier alpha value is -1.74. The molecule has 0 aromatic heterocycles. The lowest BCUT2D eigenvalue weighted by atomic mass is 9.97. The monoisotopic (exact) mass is 618 g/mol. The molecule has 252 valence electrons. The number of aliphatic hydroxyl groups is 9. The third kappa shape index (κ3) is 24.3. The molecule has 12 nitrogen and oxygen atoms in total. The van der Waals surface area contributed by atoms with Gasteiger partial charge in [0.25, 0.3) is 0 Å². The first kappa shape index (κ1) is 41.3. The summed E-state index contributed by atoms with van der Waals surface area (Å²) >= 11 is 0. The average molecular weight is 619 g/mol. The third-order valence-corrected chi connectivity index (χ3v) is 6.87. The number of carbonyl (C=O) groups is 1. The van der Waals surface area contributed by atoms with Crippen LogP contribution in [0.1, 0.15) is 91.4 Å². The molecule has 11 N–H and O–H groups in total. The predicted octanol–water partition coefficient (Wildman–Crippen LogP) is 0.240. The van der Waals surface area contributed by atoms with E-state index < -0.39 is 54.9 Å². The standard InChI is InChI=1S/C31H58N2O10/c1-20(2)31(43)19-30(42)18-29(41)16-25(37)10-5-9-24(36)15-28(40)17-27(39)14-23(35)8-4-7-22(34)13-26(38)11-6-12-33-21(3)32/h4-5,8,10,20,22-30,34-42H,6-7,9,11-19H2,1-3H3,(H2,32,33)/b8-4+,10-5+. The summed E-state index contributed by atoms with van der Waals surface area (Å²) in [6, 6.07) is 0. The maximum atomic E-state index is 11.7. The molecule has 0 aliphatic carbocycles. The number of aliphatic hydroxyl groups excluding tert-OH is 9. The van der Waals surface area contributed by atoms with Gasteiger partial charge in [0, 0.05) is 31.7 Å². The molecule has 0 fully saturated rings. The number of carbonyl (C=O) groups excluding carboxylic acids is 1. The zero-order valence-corrected chi connectivity index (χ0v) is 26.0. The Kier molecular flexibility index (Phi) is 22.7. The number of amidine groups is 1. The number of hydrogen-bond donors (Lipinski definition) is 10. The van der Waals surface area contributed by atoms with Gasteiger partial charge in [-0.2, -0.15) is 0 Å². The summed E-state index contributed by atoms with van der Waals surface area (Å²) in [4.78, 5) is 15.7. The van der Waals surface area contributed by atoms with Crippen molar-refractivity contribution in [3.63, 3.8) is 0 Å². The van der Waals surface area contributed by atoms with Crippen molar-refractivity contribution in [2.45, 2.75) is 146 Å². The molecular formula is C31H58N2O10. The van der Waals surface area contributed by atoms with Crippen LogP contribution in [0.5, 0.6) is 0 Å². The summed E-state index contributed by atoms with van der Waals surface area (Å²) in [5.74, 6) is 0.177. The van der Waals surface area contributed by atoms with E-state index in [1.807, 2.05) is 0 Å². The van der Waals surface area contributed by atoms with E-state index in [0.29, 0.717) is 25.2 Å². The Labute approximate surface area is 256 Å². The maximum Gasteiger partial charge on any atom is 0.137 e. The lowest BCUT2D eigenvalue weighted by molar-refractivity contribution is -0.124. The van der Waals surface area contributed by atoms with Gasteiger partial charge in [-0.25, -0.2) is 0 Å². The van der Waals surface area contributed by atoms with Crippen LogP contribution in [0.25, 0.3) is 0 Å². The molecule has 0 spiro atoms. The lowest BCUT2D eigenvalue weighted by Gasteiger charge is -2.19. The van der Waals surface area contributed by atoms with Crippen molar-refractivity contribution >= 4 is 11.6 Å². The van der Waals surface area contributed by atoms with Gasteiger partial charge in [-0.3, -0.25) is 9.79 Å². The van der Waals surface area contributed by atoms with Gasteiger partial charge in [0.1, 0.15) is 5.78 Å². The van der Waals surface area contributed by atoms with Gasteiger partial charge in [-0.05, 0) is 58.3 Å². The second-order valence-corrected chi connectivity index (χ2v) is 11.9. The highest BCUT2D eigenvalue weighted by molar-refractivity contribution is 5.80. The number of hydrogen-bond acceptors (Lipinski definition) is 11. The average Bonchev–Trinajstić information content (AvgIpc) is 2.85. The molecule has 0 heterocycles. The number of rotatable bonds is 25. The summed E-state index contributed by atoms with van der Waals surface area (Å²) in [6.07, 6.45) is -1.15. The van der Waals surface area contributed by atoms with Crippen LogP contribution in [0.3, 0.4) is 0 Å². The molecule has 9 atom stereocenters. The molecule has 0 radical (unpaired) electrons. The second kappa shape index (κ2) is 23.6. The van der Waals surface area contributed by atoms with Gasteiger partial charge in [0.2, 0.25) is 0 Å². The van der Waals surface area contributed by atoms with Crippen molar-refractivity contribution in [2.75, 3.05) is 6.54 Å². The normalized spacial score (nSPS) is 19.3. The van der Waals surface area contributed by atoms with Crippen molar-refractivity contribution < 1.29 is 50.8 Å². The molecule has 0 aromatic rings. The van der Waals surface area contributed by atoms with Crippen LogP contribution in [0.2, 0.25) is 0 Å². The summed E-state index contributed by atoms with van der Waals surface area (Å²) in [5, 5.41) is 90.8. The predicted molar refractivity (Wildman–Crippen MR) is 165 cm³/mol. The Morgan fingerprint density at radius 2 is 1.07 bits per heavy atom. The van der Waals surface area contributed by atoms with E-state index in [0.717, 1.165) is 0 Å². The third-order valence-electron chi connectivity index (χ3n) is 6.87. The summed E-state index contributed by atoms with van der Waals surface area (Å²) < 4.78 is 0. The van der Waals surface area contributed by atoms with Crippen molar-refractivity contribution in [1.82, 2.24) is 0 Å². The van der Waals surface area contributed by atoms with E-state index >= 15 is 0 Å². The molecule has 0 bridgehead atoms. The zero-order chi connectivity index (χ0) is 32.9. The topological polar surface area (TPSA) is 238 Å². The van der Waals surface area contributed by atoms with Crippen molar-refractivity contribution in [3.05, 3.63) is 24.3 Å². The van der Waals surface area contributed by atoms with Crippen LogP contribution < -0.4 is 5.73 Å². The van der Waals surface area contributed by atoms with Gasteiger partial charge >= 0.3 is 0 Å². The number of ketones is 1. The largest absolute Gasteiger partial charge is 0.393 e. The lowest BCUT2D eigenvalue weighted by Crippen LogP contribution is -2.25. The highest BCUT2D eigenvalue weighted by Gasteiger charge is 2.20. The Balaban J connectivity index is 4.24. The van der Waals surface area contributed by atoms with Crippen LogP contribution in [-0.2, 0) is 4.79 Å². The van der Waals surface area contributed by atoms with E-state index in [-0.39, 0.29) is 69.5 Å². The first-order valence-corrected chi connectivity index (χ1v) is 15.3. The molecule has 0 amide bonds. The van der Waals surface area contributed by atoms with Crippen LogP contribution in [0.4, 0.5) is 0 Å². The highest BCUT2D eigenvalue weighted by atomic mass is 16.3. The van der Waals surface area contributed by atoms with Gasteiger partial charge in [0.15, 0.2) is 0 Å². The van der Waals surface area contributed by atoms with E-state index in [1.54, 1.807) is 26.8 Å². The second-order valence-electron chi connectivity index (χ2n) is 11.9. The number of nitrogens with two attached hydrogens (primary N) is 1. The van der Waals surface area contributed by atoms with Gasteiger partial charge in [0.05, 0.1) is 60.8 Å². The fourth-order valence-electron chi connectivity index (χ4n) is 4.49. The molecule has 0 rings (SSSR count). The summed E-state index contributed by atoms with van der Waals surface area (Å²) in [6.45, 7) is 5.67. The molecule has 0 aromatic carbocycles. The minimum absolute atomic E-state index is 0.0329. The fraction of sp³-hybridized carbons (Fsp3) is 0.806. The molecule has 9 unspecified atom stereocenters. The van der Waals surface area contributed by atoms with Crippen LogP contribution in [0, 0.1) is 5.92 Å². The van der Waals surface area contributed by atoms with Crippen molar-refractivity contribution in [2.24, 2.45) is 16.6 Å². The van der Waals surface area contributed by atoms with E-state index in [1.165, 1.54) is 18.2 Å². The fourth-order valence-corrected chi connectivity index (χ4v) is 4.49. The first-order chi connectivity index (χ1) is 20.1. The minimum atomic E-state index is -1.03. The molecule has 43 heavy (non-hydrogen) atoms. The van der Waals surface area contributed by atoms with Gasteiger partial charge < -0.3 is 51.7 Å². The molecule has 12 heteroatoms. The molecule has 0 aliphatic heterocycles. The smallest absolute Gasteiger partial charge is 0.137 e. The van der Waals surface area contributed by atoms with Crippen LogP contribution in [-0.4, -0.2) is 119 Å². The highest BCUT2D eigenvalue weighted by Crippen LogP contribution is 2.15. The Bertz CT molecular complexity index is 818. The quantitative estimate of drug-likeness (QED) is 0.0288. The van der Waals surface area contributed by atoms with Crippen molar-refractivity contribution in [1.29, 1.82) is 0 Å². The van der Waals surface area contributed by atoms with Crippen LogP contribution in [0.15, 0.2) is 29.3 Å². The minimum Gasteiger partial charge on any atom is -0.393 e. The van der Waals surface area contributed by atoms with E-state index in [9.17, 15) is 50.8 Å². The number of aliphatic imine (C=N–C) groups is 1. The van der Waals surface area contributed by atoms with E-state index in [4.69, 9.17) is 5.73 Å². The number of nitrogens with zero attached hydrogens (tertiary/aromatic N) is 1. The number of Topliss-reactive ketones (excluding diaryl/α,β-unsaturated/α-hetero) is 1. The Morgan fingerprint density at radius 3 is 1.53 bits per heavy atom. The maximum absolute atomic E-state index is 11.7. The summed E-state index contributed by atoms with van der Waals surface area (Å²) in [5.41, 5.74) is 5.45. The molecule has 0 aliphatic rings. The molecule has 0 saturated carbocycles.